The second-order valence-corrected chi connectivity index (χ2v) is 12.2. The van der Waals surface area contributed by atoms with Gasteiger partial charge in [-0.05, 0) is 43.4 Å². The zero-order chi connectivity index (χ0) is 34.5. The van der Waals surface area contributed by atoms with Crippen LogP contribution in [0, 0.1) is 5.92 Å². The molecule has 0 radical (unpaired) electrons. The Morgan fingerprint density at radius 2 is 1.28 bits per heavy atom. The van der Waals surface area contributed by atoms with Crippen LogP contribution in [0.3, 0.4) is 0 Å². The average Bonchev–Trinajstić information content (AvgIpc) is 3.53. The molecule has 4 amide bonds. The first kappa shape index (κ1) is 36.7. The molecule has 0 spiro atoms. The minimum Gasteiger partial charge on any atom is -0.481 e. The summed E-state index contributed by atoms with van der Waals surface area (Å²) in [6.45, 7) is 4.43. The van der Waals surface area contributed by atoms with Gasteiger partial charge in [0, 0.05) is 19.4 Å². The number of carboxylic acid groups (broad SMARTS) is 2. The lowest BCUT2D eigenvalue weighted by molar-refractivity contribution is -0.147. The van der Waals surface area contributed by atoms with Gasteiger partial charge in [-0.1, -0.05) is 74.5 Å². The Kier molecular flexibility index (Phi) is 13.9. The molecular formula is C34H45N5O8. The first-order valence-corrected chi connectivity index (χ1v) is 15.8. The monoisotopic (exact) mass is 651 g/mol. The van der Waals surface area contributed by atoms with Crippen molar-refractivity contribution in [2.75, 3.05) is 13.6 Å². The maximum Gasteiger partial charge on any atom is 0.326 e. The van der Waals surface area contributed by atoms with Gasteiger partial charge in [0.2, 0.25) is 23.6 Å². The highest BCUT2D eigenvalue weighted by Crippen LogP contribution is 2.21. The molecule has 47 heavy (non-hydrogen) atoms. The highest BCUT2D eigenvalue weighted by atomic mass is 16.4. The van der Waals surface area contributed by atoms with E-state index in [-0.39, 0.29) is 24.7 Å². The van der Waals surface area contributed by atoms with Crippen LogP contribution in [0.1, 0.15) is 50.7 Å². The van der Waals surface area contributed by atoms with Gasteiger partial charge in [0.1, 0.15) is 24.2 Å². The van der Waals surface area contributed by atoms with Crippen molar-refractivity contribution < 1.29 is 39.0 Å². The quantitative estimate of drug-likeness (QED) is 0.145. The topological polar surface area (TPSA) is 194 Å². The van der Waals surface area contributed by atoms with Crippen LogP contribution < -0.4 is 21.3 Å². The zero-order valence-corrected chi connectivity index (χ0v) is 27.0. The molecule has 1 heterocycles. The van der Waals surface area contributed by atoms with Gasteiger partial charge < -0.3 is 36.4 Å². The maximum atomic E-state index is 13.9. The van der Waals surface area contributed by atoms with Gasteiger partial charge in [-0.2, -0.15) is 0 Å². The van der Waals surface area contributed by atoms with E-state index >= 15 is 0 Å². The summed E-state index contributed by atoms with van der Waals surface area (Å²) in [4.78, 5) is 78.8. The van der Waals surface area contributed by atoms with E-state index in [0.717, 1.165) is 5.56 Å². The van der Waals surface area contributed by atoms with E-state index in [0.29, 0.717) is 31.4 Å². The van der Waals surface area contributed by atoms with Gasteiger partial charge in [-0.15, -0.1) is 0 Å². The fourth-order valence-corrected chi connectivity index (χ4v) is 5.62. The lowest BCUT2D eigenvalue weighted by atomic mass is 10.0. The Labute approximate surface area is 274 Å². The number of likely N-dealkylation sites (N-methyl/N-ethyl adjacent to an activating group) is 1. The van der Waals surface area contributed by atoms with Crippen LogP contribution in [-0.4, -0.2) is 94.5 Å². The van der Waals surface area contributed by atoms with E-state index in [9.17, 15) is 33.9 Å². The van der Waals surface area contributed by atoms with E-state index in [2.05, 4.69) is 21.3 Å². The number of nitrogens with zero attached hydrogens (tertiary/aromatic N) is 1. The molecule has 0 unspecified atom stereocenters. The van der Waals surface area contributed by atoms with Crippen LogP contribution in [-0.2, 0) is 41.6 Å². The van der Waals surface area contributed by atoms with Crippen LogP contribution in [0.4, 0.5) is 0 Å². The minimum atomic E-state index is -1.72. The predicted octanol–water partition coefficient (Wildman–Crippen LogP) is 1.11. The van der Waals surface area contributed by atoms with Gasteiger partial charge >= 0.3 is 11.9 Å². The van der Waals surface area contributed by atoms with Crippen molar-refractivity contribution in [3.05, 3.63) is 71.8 Å². The third-order valence-electron chi connectivity index (χ3n) is 8.02. The number of carboxylic acids is 2. The van der Waals surface area contributed by atoms with Gasteiger partial charge in [-0.25, -0.2) is 4.79 Å². The number of carbonyl (C=O) groups is 6. The number of hydrogen-bond acceptors (Lipinski definition) is 7. The number of likely N-dealkylation sites (tertiary alicyclic amines) is 1. The molecule has 2 aromatic rings. The van der Waals surface area contributed by atoms with Crippen LogP contribution in [0.25, 0.3) is 0 Å². The molecule has 1 aliphatic heterocycles. The largest absolute Gasteiger partial charge is 0.481 e. The summed E-state index contributed by atoms with van der Waals surface area (Å²) in [5.74, 6) is -4.98. The molecule has 1 saturated heterocycles. The molecule has 1 fully saturated rings. The predicted molar refractivity (Wildman–Crippen MR) is 173 cm³/mol. The summed E-state index contributed by atoms with van der Waals surface area (Å²) in [5, 5.41) is 29.4. The number of rotatable bonds is 17. The van der Waals surface area contributed by atoms with Crippen molar-refractivity contribution in [2.45, 2.75) is 82.6 Å². The summed E-state index contributed by atoms with van der Waals surface area (Å²) >= 11 is 0. The Balaban J connectivity index is 1.86. The third kappa shape index (κ3) is 11.2. The molecule has 2 aromatic carbocycles. The van der Waals surface area contributed by atoms with Gasteiger partial charge in [0.05, 0.1) is 12.5 Å². The third-order valence-corrected chi connectivity index (χ3v) is 8.02. The van der Waals surface area contributed by atoms with Crippen LogP contribution in [0.5, 0.6) is 0 Å². The second-order valence-electron chi connectivity index (χ2n) is 12.2. The number of nitrogens with one attached hydrogen (secondary N) is 4. The first-order valence-electron chi connectivity index (χ1n) is 15.8. The summed E-state index contributed by atoms with van der Waals surface area (Å²) in [7, 11) is 1.71. The number of aliphatic carboxylic acids is 2. The molecule has 0 aliphatic carbocycles. The first-order chi connectivity index (χ1) is 22.4. The van der Waals surface area contributed by atoms with Gasteiger partial charge in [0.15, 0.2) is 0 Å². The molecule has 0 saturated carbocycles. The molecule has 13 heteroatoms. The van der Waals surface area contributed by atoms with E-state index in [1.807, 2.05) is 19.9 Å². The molecular weight excluding hydrogens is 606 g/mol. The number of amides is 4. The number of benzene rings is 2. The van der Waals surface area contributed by atoms with Crippen molar-refractivity contribution in [2.24, 2.45) is 5.92 Å². The molecule has 0 aromatic heterocycles. The zero-order valence-electron chi connectivity index (χ0n) is 27.0. The van der Waals surface area contributed by atoms with E-state index in [1.165, 1.54) is 0 Å². The normalized spacial score (nSPS) is 16.9. The summed E-state index contributed by atoms with van der Waals surface area (Å²) in [5.41, 5.74) is 1.39. The lowest BCUT2D eigenvalue weighted by Crippen LogP contribution is -2.59. The highest BCUT2D eigenvalue weighted by Gasteiger charge is 2.39. The lowest BCUT2D eigenvalue weighted by Gasteiger charge is -2.30. The number of carbonyl (C=O) groups excluding carboxylic acids is 4. The molecule has 3 rings (SSSR count). The maximum absolute atomic E-state index is 13.9. The Hall–Kier alpha value is -4.78. The SMILES string of the molecule is CN[C@@H](CC(C)C)C(=O)N1CCC[C@H]1C(=O)N[C@@H](Cc1ccccc1)C(=O)N[C@@H](Cc1ccccc1)C(=O)N[C@@H](CC(=O)O)C(=O)O. The highest BCUT2D eigenvalue weighted by molar-refractivity contribution is 5.96. The van der Waals surface area contributed by atoms with Crippen LogP contribution in [0.2, 0.25) is 0 Å². The van der Waals surface area contributed by atoms with Gasteiger partial charge in [0.25, 0.3) is 0 Å². The molecule has 13 nitrogen and oxygen atoms in total. The Bertz CT molecular complexity index is 1390. The Morgan fingerprint density at radius 3 is 1.74 bits per heavy atom. The Morgan fingerprint density at radius 1 is 0.766 bits per heavy atom. The second kappa shape index (κ2) is 17.8. The van der Waals surface area contributed by atoms with Crippen molar-refractivity contribution >= 4 is 35.6 Å². The summed E-state index contributed by atoms with van der Waals surface area (Å²) < 4.78 is 0. The van der Waals surface area contributed by atoms with Crippen molar-refractivity contribution in [1.29, 1.82) is 0 Å². The fourth-order valence-electron chi connectivity index (χ4n) is 5.62. The smallest absolute Gasteiger partial charge is 0.326 e. The van der Waals surface area contributed by atoms with Gasteiger partial charge in [-0.3, -0.25) is 24.0 Å². The van der Waals surface area contributed by atoms with E-state index < -0.39 is 66.3 Å². The minimum absolute atomic E-state index is 0.0318. The van der Waals surface area contributed by atoms with Crippen molar-refractivity contribution in [3.8, 4) is 0 Å². The standard InChI is InChI=1S/C34H45N5O8/c1-21(2)17-26(35-3)33(45)39-16-10-15-28(39)32(44)37-25(19-23-13-8-5-9-14-23)30(42)36-24(18-22-11-6-4-7-12-22)31(43)38-27(34(46)47)20-29(40)41/h4-9,11-14,21,24-28,35H,10,15-20H2,1-3H3,(H,36,42)(H,37,44)(H,38,43)(H,40,41)(H,46,47)/t24-,25-,26-,27-,28-/m0/s1. The molecule has 1 aliphatic rings. The summed E-state index contributed by atoms with van der Waals surface area (Å²) in [6, 6.07) is 12.3. The fraction of sp³-hybridized carbons (Fsp3) is 0.471. The van der Waals surface area contributed by atoms with E-state index in [1.54, 1.807) is 66.5 Å². The molecule has 0 bridgehead atoms. The molecule has 6 N–H and O–H groups in total. The summed E-state index contributed by atoms with van der Waals surface area (Å²) in [6.07, 6.45) is 0.825. The molecule has 5 atom stereocenters. The van der Waals surface area contributed by atoms with Crippen molar-refractivity contribution in [1.82, 2.24) is 26.2 Å². The van der Waals surface area contributed by atoms with Crippen LogP contribution in [0.15, 0.2) is 60.7 Å². The van der Waals surface area contributed by atoms with E-state index in [4.69, 9.17) is 5.11 Å². The van der Waals surface area contributed by atoms with Crippen molar-refractivity contribution in [3.63, 3.8) is 0 Å². The van der Waals surface area contributed by atoms with Crippen LogP contribution >= 0.6 is 0 Å². The number of hydrogen-bond donors (Lipinski definition) is 6. The average molecular weight is 652 g/mol. The molecule has 254 valence electrons.